The molecule has 0 saturated heterocycles. The van der Waals surface area contributed by atoms with Crippen molar-refractivity contribution in [3.05, 3.63) is 42.7 Å². The molecule has 0 fully saturated rings. The molecule has 0 radical (unpaired) electrons. The standard InChI is InChI=1S/C10H11FO/c1-3-8(2)12-10-7-5-4-6-9(10)11/h3-8H,1H2,2H3. The number of halogens is 1. The van der Waals surface area contributed by atoms with E-state index in [4.69, 9.17) is 4.74 Å². The molecule has 1 nitrogen and oxygen atoms in total. The Morgan fingerprint density at radius 1 is 1.50 bits per heavy atom. The second kappa shape index (κ2) is 3.90. The van der Waals surface area contributed by atoms with Crippen molar-refractivity contribution in [2.75, 3.05) is 0 Å². The van der Waals surface area contributed by atoms with Crippen molar-refractivity contribution in [1.82, 2.24) is 0 Å². The van der Waals surface area contributed by atoms with Crippen LogP contribution in [0.2, 0.25) is 0 Å². The molecule has 1 aromatic carbocycles. The molecule has 1 rings (SSSR count). The maximum absolute atomic E-state index is 12.9. The molecule has 0 heterocycles. The predicted molar refractivity (Wildman–Crippen MR) is 46.7 cm³/mol. The lowest BCUT2D eigenvalue weighted by molar-refractivity contribution is 0.257. The van der Waals surface area contributed by atoms with E-state index in [0.29, 0.717) is 0 Å². The van der Waals surface area contributed by atoms with Gasteiger partial charge in [0.1, 0.15) is 6.10 Å². The molecule has 0 saturated carbocycles. The van der Waals surface area contributed by atoms with Gasteiger partial charge in [-0.2, -0.15) is 0 Å². The van der Waals surface area contributed by atoms with E-state index in [1.54, 1.807) is 31.2 Å². The monoisotopic (exact) mass is 166 g/mol. The van der Waals surface area contributed by atoms with E-state index >= 15 is 0 Å². The highest BCUT2D eigenvalue weighted by molar-refractivity contribution is 5.24. The zero-order valence-corrected chi connectivity index (χ0v) is 6.96. The average Bonchev–Trinajstić information content (AvgIpc) is 2.09. The van der Waals surface area contributed by atoms with Gasteiger partial charge in [-0.05, 0) is 19.1 Å². The summed E-state index contributed by atoms with van der Waals surface area (Å²) in [4.78, 5) is 0. The van der Waals surface area contributed by atoms with Crippen molar-refractivity contribution < 1.29 is 9.13 Å². The van der Waals surface area contributed by atoms with Crippen LogP contribution in [0.3, 0.4) is 0 Å². The summed E-state index contributed by atoms with van der Waals surface area (Å²) in [6.45, 7) is 5.34. The van der Waals surface area contributed by atoms with Gasteiger partial charge in [-0.1, -0.05) is 24.8 Å². The highest BCUT2D eigenvalue weighted by atomic mass is 19.1. The van der Waals surface area contributed by atoms with E-state index in [1.165, 1.54) is 6.07 Å². The lowest BCUT2D eigenvalue weighted by atomic mass is 10.3. The van der Waals surface area contributed by atoms with Crippen molar-refractivity contribution in [2.45, 2.75) is 13.0 Å². The second-order valence-corrected chi connectivity index (χ2v) is 2.49. The van der Waals surface area contributed by atoms with E-state index in [-0.39, 0.29) is 17.7 Å². The van der Waals surface area contributed by atoms with Crippen LogP contribution in [0.1, 0.15) is 6.92 Å². The number of hydrogen-bond acceptors (Lipinski definition) is 1. The van der Waals surface area contributed by atoms with Gasteiger partial charge in [0.05, 0.1) is 0 Å². The quantitative estimate of drug-likeness (QED) is 0.627. The molecule has 2 heteroatoms. The molecule has 0 aromatic heterocycles. The summed E-state index contributed by atoms with van der Waals surface area (Å²) in [6.07, 6.45) is 1.45. The zero-order valence-electron chi connectivity index (χ0n) is 6.96. The fourth-order valence-corrected chi connectivity index (χ4v) is 0.789. The van der Waals surface area contributed by atoms with Crippen molar-refractivity contribution in [2.24, 2.45) is 0 Å². The third kappa shape index (κ3) is 2.09. The van der Waals surface area contributed by atoms with E-state index in [9.17, 15) is 4.39 Å². The highest BCUT2D eigenvalue weighted by Crippen LogP contribution is 2.16. The Bertz CT molecular complexity index is 270. The van der Waals surface area contributed by atoms with Gasteiger partial charge in [0.25, 0.3) is 0 Å². The van der Waals surface area contributed by atoms with Crippen LogP contribution in [0.4, 0.5) is 4.39 Å². The molecule has 0 N–H and O–H groups in total. The molecular weight excluding hydrogens is 155 g/mol. The number of ether oxygens (including phenoxy) is 1. The molecule has 1 atom stereocenters. The fourth-order valence-electron chi connectivity index (χ4n) is 0.789. The molecule has 64 valence electrons. The highest BCUT2D eigenvalue weighted by Gasteiger charge is 2.03. The molecule has 0 aliphatic heterocycles. The summed E-state index contributed by atoms with van der Waals surface area (Å²) in [5, 5.41) is 0. The Kier molecular flexibility index (Phi) is 2.86. The van der Waals surface area contributed by atoms with Crippen molar-refractivity contribution in [1.29, 1.82) is 0 Å². The van der Waals surface area contributed by atoms with Gasteiger partial charge in [0.2, 0.25) is 0 Å². The van der Waals surface area contributed by atoms with Gasteiger partial charge < -0.3 is 4.74 Å². The Morgan fingerprint density at radius 3 is 2.75 bits per heavy atom. The molecule has 0 amide bonds. The summed E-state index contributed by atoms with van der Waals surface area (Å²) in [5.41, 5.74) is 0. The largest absolute Gasteiger partial charge is 0.484 e. The fraction of sp³-hybridized carbons (Fsp3) is 0.200. The summed E-state index contributed by atoms with van der Waals surface area (Å²) in [6, 6.07) is 6.31. The average molecular weight is 166 g/mol. The molecular formula is C10H11FO. The Hall–Kier alpha value is -1.31. The van der Waals surface area contributed by atoms with Crippen LogP contribution in [0.25, 0.3) is 0 Å². The van der Waals surface area contributed by atoms with E-state index in [2.05, 4.69) is 6.58 Å². The zero-order chi connectivity index (χ0) is 8.97. The number of para-hydroxylation sites is 1. The van der Waals surface area contributed by atoms with Crippen molar-refractivity contribution in [3.63, 3.8) is 0 Å². The van der Waals surface area contributed by atoms with E-state index in [1.807, 2.05) is 0 Å². The maximum atomic E-state index is 12.9. The number of hydrogen-bond donors (Lipinski definition) is 0. The SMILES string of the molecule is C=CC(C)Oc1ccccc1F. The number of rotatable bonds is 3. The summed E-state index contributed by atoms with van der Waals surface area (Å²) < 4.78 is 18.1. The van der Waals surface area contributed by atoms with Gasteiger partial charge in [0.15, 0.2) is 11.6 Å². The molecule has 1 aromatic rings. The first-order valence-electron chi connectivity index (χ1n) is 3.78. The summed E-state index contributed by atoms with van der Waals surface area (Å²) >= 11 is 0. The van der Waals surface area contributed by atoms with Crippen LogP contribution in [0.15, 0.2) is 36.9 Å². The Morgan fingerprint density at radius 2 is 2.17 bits per heavy atom. The van der Waals surface area contributed by atoms with Crippen molar-refractivity contribution >= 4 is 0 Å². The van der Waals surface area contributed by atoms with Gasteiger partial charge in [-0.25, -0.2) is 4.39 Å². The first kappa shape index (κ1) is 8.78. The normalized spacial score (nSPS) is 12.2. The lowest BCUT2D eigenvalue weighted by Gasteiger charge is -2.10. The Labute approximate surface area is 71.5 Å². The minimum Gasteiger partial charge on any atom is -0.484 e. The third-order valence-corrected chi connectivity index (χ3v) is 1.48. The van der Waals surface area contributed by atoms with Crippen LogP contribution < -0.4 is 4.74 Å². The number of benzene rings is 1. The van der Waals surface area contributed by atoms with Crippen LogP contribution in [0.5, 0.6) is 5.75 Å². The van der Waals surface area contributed by atoms with Gasteiger partial charge in [-0.15, -0.1) is 0 Å². The summed E-state index contributed by atoms with van der Waals surface area (Å²) in [7, 11) is 0. The molecule has 1 unspecified atom stereocenters. The second-order valence-electron chi connectivity index (χ2n) is 2.49. The molecule has 0 aliphatic rings. The van der Waals surface area contributed by atoms with E-state index < -0.39 is 0 Å². The van der Waals surface area contributed by atoms with Gasteiger partial charge in [-0.3, -0.25) is 0 Å². The van der Waals surface area contributed by atoms with Gasteiger partial charge in [0, 0.05) is 0 Å². The van der Waals surface area contributed by atoms with E-state index in [0.717, 1.165) is 0 Å². The molecule has 12 heavy (non-hydrogen) atoms. The third-order valence-electron chi connectivity index (χ3n) is 1.48. The first-order valence-corrected chi connectivity index (χ1v) is 3.78. The molecule has 0 bridgehead atoms. The first-order chi connectivity index (χ1) is 5.74. The smallest absolute Gasteiger partial charge is 0.165 e. The lowest BCUT2D eigenvalue weighted by Crippen LogP contribution is -2.08. The Balaban J connectivity index is 2.75. The van der Waals surface area contributed by atoms with Gasteiger partial charge >= 0.3 is 0 Å². The van der Waals surface area contributed by atoms with Crippen LogP contribution in [-0.2, 0) is 0 Å². The molecule has 0 spiro atoms. The van der Waals surface area contributed by atoms with Crippen LogP contribution in [-0.4, -0.2) is 6.10 Å². The predicted octanol–water partition coefficient (Wildman–Crippen LogP) is 2.78. The van der Waals surface area contributed by atoms with Crippen molar-refractivity contribution in [3.8, 4) is 5.75 Å². The van der Waals surface area contributed by atoms with Crippen LogP contribution in [0, 0.1) is 5.82 Å². The minimum absolute atomic E-state index is 0.165. The molecule has 0 aliphatic carbocycles. The van der Waals surface area contributed by atoms with Crippen LogP contribution >= 0.6 is 0 Å². The maximum Gasteiger partial charge on any atom is 0.165 e. The minimum atomic E-state index is -0.341. The topological polar surface area (TPSA) is 9.23 Å². The summed E-state index contributed by atoms with van der Waals surface area (Å²) in [5.74, 6) is -0.0731.